The number of aromatic nitrogens is 1. The molecule has 102 valence electrons. The van der Waals surface area contributed by atoms with E-state index in [-0.39, 0.29) is 5.91 Å². The van der Waals surface area contributed by atoms with Crippen LogP contribution < -0.4 is 5.32 Å². The van der Waals surface area contributed by atoms with Crippen LogP contribution in [0, 0.1) is 0 Å². The van der Waals surface area contributed by atoms with E-state index in [1.165, 1.54) is 6.20 Å². The molecule has 0 bridgehead atoms. The van der Waals surface area contributed by atoms with Gasteiger partial charge < -0.3 is 5.32 Å². The molecular weight excluding hydrogens is 276 g/mol. The molecule has 1 aromatic heterocycles. The molecule has 4 nitrogen and oxygen atoms in total. The van der Waals surface area contributed by atoms with Crippen molar-refractivity contribution in [3.8, 4) is 0 Å². The number of amides is 1. The van der Waals surface area contributed by atoms with Crippen LogP contribution in [-0.2, 0) is 11.2 Å². The molecule has 1 atom stereocenters. The average Bonchev–Trinajstić information content (AvgIpc) is 2.48. The number of halogens is 1. The highest BCUT2D eigenvalue weighted by atomic mass is 35.5. The molecule has 0 aliphatic carbocycles. The summed E-state index contributed by atoms with van der Waals surface area (Å²) in [5, 5.41) is 2.03. The first-order valence-electron chi connectivity index (χ1n) is 6.11. The third kappa shape index (κ3) is 3.90. The maximum Gasteiger partial charge on any atom is 0.253 e. The van der Waals surface area contributed by atoms with Crippen molar-refractivity contribution in [1.29, 1.82) is 0 Å². The average molecular weight is 289 g/mol. The van der Waals surface area contributed by atoms with Crippen molar-refractivity contribution in [2.45, 2.75) is 12.5 Å². The monoisotopic (exact) mass is 288 g/mol. The number of hydrogen-bond donors (Lipinski definition) is 1. The van der Waals surface area contributed by atoms with Gasteiger partial charge in [-0.3, -0.25) is 14.6 Å². The van der Waals surface area contributed by atoms with Crippen LogP contribution in [0.2, 0.25) is 0 Å². The number of hydrogen-bond acceptors (Lipinski definition) is 3. The molecule has 1 unspecified atom stereocenters. The summed E-state index contributed by atoms with van der Waals surface area (Å²) in [6, 6.07) is 11.9. The third-order valence-corrected chi connectivity index (χ3v) is 3.05. The molecule has 0 aliphatic heterocycles. The van der Waals surface area contributed by atoms with Crippen molar-refractivity contribution < 1.29 is 9.59 Å². The highest BCUT2D eigenvalue weighted by molar-refractivity contribution is 6.64. The second-order valence-corrected chi connectivity index (χ2v) is 4.63. The van der Waals surface area contributed by atoms with Gasteiger partial charge in [-0.2, -0.15) is 0 Å². The van der Waals surface area contributed by atoms with Gasteiger partial charge in [0, 0.05) is 18.8 Å². The highest BCUT2D eigenvalue weighted by Crippen LogP contribution is 2.07. The van der Waals surface area contributed by atoms with Crippen molar-refractivity contribution >= 4 is 22.8 Å². The van der Waals surface area contributed by atoms with E-state index in [4.69, 9.17) is 11.6 Å². The van der Waals surface area contributed by atoms with Gasteiger partial charge in [0.25, 0.3) is 5.91 Å². The van der Waals surface area contributed by atoms with Gasteiger partial charge in [0.1, 0.15) is 6.04 Å². The Morgan fingerprint density at radius 3 is 2.50 bits per heavy atom. The van der Waals surface area contributed by atoms with E-state index >= 15 is 0 Å². The quantitative estimate of drug-likeness (QED) is 0.858. The van der Waals surface area contributed by atoms with E-state index in [0.29, 0.717) is 12.0 Å². The van der Waals surface area contributed by atoms with Crippen molar-refractivity contribution in [1.82, 2.24) is 10.3 Å². The lowest BCUT2D eigenvalue weighted by Gasteiger charge is -2.14. The van der Waals surface area contributed by atoms with Gasteiger partial charge in [0.15, 0.2) is 0 Å². The minimum absolute atomic E-state index is 0.356. The number of nitrogens with zero attached hydrogens (tertiary/aromatic N) is 1. The summed E-state index contributed by atoms with van der Waals surface area (Å²) >= 11 is 5.56. The smallest absolute Gasteiger partial charge is 0.253 e. The summed E-state index contributed by atoms with van der Waals surface area (Å²) in [6.45, 7) is 0. The van der Waals surface area contributed by atoms with Crippen LogP contribution in [0.15, 0.2) is 54.9 Å². The summed E-state index contributed by atoms with van der Waals surface area (Å²) in [4.78, 5) is 27.3. The molecule has 5 heteroatoms. The lowest BCUT2D eigenvalue weighted by Crippen LogP contribution is -2.40. The first-order valence-corrected chi connectivity index (χ1v) is 6.49. The van der Waals surface area contributed by atoms with Crippen LogP contribution in [0.3, 0.4) is 0 Å². The Morgan fingerprint density at radius 2 is 1.90 bits per heavy atom. The number of benzene rings is 1. The fourth-order valence-corrected chi connectivity index (χ4v) is 1.91. The second kappa shape index (κ2) is 6.82. The lowest BCUT2D eigenvalue weighted by atomic mass is 10.1. The number of pyridine rings is 1. The predicted molar refractivity (Wildman–Crippen MR) is 76.5 cm³/mol. The topological polar surface area (TPSA) is 59.1 Å². The van der Waals surface area contributed by atoms with E-state index in [0.717, 1.165) is 5.56 Å². The predicted octanol–water partition coefficient (Wildman–Crippen LogP) is 2.19. The fourth-order valence-electron chi connectivity index (χ4n) is 1.78. The first-order chi connectivity index (χ1) is 9.66. The normalized spacial score (nSPS) is 11.7. The van der Waals surface area contributed by atoms with Gasteiger partial charge >= 0.3 is 0 Å². The molecule has 20 heavy (non-hydrogen) atoms. The van der Waals surface area contributed by atoms with Crippen LogP contribution >= 0.6 is 11.6 Å². The zero-order valence-electron chi connectivity index (χ0n) is 10.6. The fraction of sp³-hybridized carbons (Fsp3) is 0.133. The Kier molecular flexibility index (Phi) is 4.85. The summed E-state index contributed by atoms with van der Waals surface area (Å²) in [5.41, 5.74) is 1.32. The number of carbonyl (C=O) groups excluding carboxylic acids is 2. The van der Waals surface area contributed by atoms with E-state index in [1.54, 1.807) is 18.3 Å². The maximum atomic E-state index is 12.0. The van der Waals surface area contributed by atoms with Crippen molar-refractivity contribution in [3.05, 3.63) is 66.0 Å². The molecule has 0 radical (unpaired) electrons. The molecule has 2 aromatic rings. The zero-order valence-corrected chi connectivity index (χ0v) is 11.4. The van der Waals surface area contributed by atoms with Gasteiger partial charge in [0.05, 0.1) is 5.56 Å². The Hall–Kier alpha value is -2.20. The molecule has 1 aromatic carbocycles. The Balaban J connectivity index is 2.07. The van der Waals surface area contributed by atoms with Gasteiger partial charge in [-0.25, -0.2) is 0 Å². The van der Waals surface area contributed by atoms with Crippen molar-refractivity contribution in [2.24, 2.45) is 0 Å². The van der Waals surface area contributed by atoms with Gasteiger partial charge in [0.2, 0.25) is 5.24 Å². The summed E-state index contributed by atoms with van der Waals surface area (Å²) in [7, 11) is 0. The molecule has 1 N–H and O–H groups in total. The molecule has 1 amide bonds. The van der Waals surface area contributed by atoms with E-state index in [1.807, 2.05) is 30.3 Å². The van der Waals surface area contributed by atoms with Crippen LogP contribution in [0.1, 0.15) is 15.9 Å². The zero-order chi connectivity index (χ0) is 14.4. The van der Waals surface area contributed by atoms with E-state index < -0.39 is 11.3 Å². The summed E-state index contributed by atoms with van der Waals surface area (Å²) in [5.74, 6) is -0.368. The van der Waals surface area contributed by atoms with Gasteiger partial charge in [-0.1, -0.05) is 30.3 Å². The molecule has 1 heterocycles. The Labute approximate surface area is 121 Å². The standard InChI is InChI=1S/C15H13ClN2O2/c16-14(19)13(9-11-5-2-1-3-6-11)18-15(20)12-7-4-8-17-10-12/h1-8,10,13H,9H2,(H,18,20). The van der Waals surface area contributed by atoms with Gasteiger partial charge in [-0.05, 0) is 29.3 Å². The molecule has 0 saturated heterocycles. The maximum absolute atomic E-state index is 12.0. The number of nitrogens with one attached hydrogen (secondary N) is 1. The van der Waals surface area contributed by atoms with Crippen LogP contribution in [0.25, 0.3) is 0 Å². The first kappa shape index (κ1) is 14.2. The van der Waals surface area contributed by atoms with Crippen molar-refractivity contribution in [2.75, 3.05) is 0 Å². The minimum atomic E-state index is -0.758. The van der Waals surface area contributed by atoms with E-state index in [9.17, 15) is 9.59 Å². The number of carbonyl (C=O) groups is 2. The summed E-state index contributed by atoms with van der Waals surface area (Å²) in [6.07, 6.45) is 3.37. The summed E-state index contributed by atoms with van der Waals surface area (Å²) < 4.78 is 0. The van der Waals surface area contributed by atoms with Crippen LogP contribution in [-0.4, -0.2) is 22.2 Å². The second-order valence-electron chi connectivity index (χ2n) is 4.26. The Morgan fingerprint density at radius 1 is 1.15 bits per heavy atom. The van der Waals surface area contributed by atoms with Gasteiger partial charge in [-0.15, -0.1) is 0 Å². The molecular formula is C15H13ClN2O2. The van der Waals surface area contributed by atoms with Crippen LogP contribution in [0.5, 0.6) is 0 Å². The SMILES string of the molecule is O=C(NC(Cc1ccccc1)C(=O)Cl)c1cccnc1. The molecule has 0 spiro atoms. The molecule has 0 fully saturated rings. The number of rotatable bonds is 5. The largest absolute Gasteiger partial charge is 0.340 e. The van der Waals surface area contributed by atoms with E-state index in [2.05, 4.69) is 10.3 Å². The molecule has 0 saturated carbocycles. The van der Waals surface area contributed by atoms with Crippen LogP contribution in [0.4, 0.5) is 0 Å². The third-order valence-electron chi connectivity index (χ3n) is 2.79. The molecule has 2 rings (SSSR count). The minimum Gasteiger partial charge on any atom is -0.340 e. The lowest BCUT2D eigenvalue weighted by molar-refractivity contribution is -0.113. The Bertz CT molecular complexity index is 587. The molecule has 0 aliphatic rings. The van der Waals surface area contributed by atoms with Crippen molar-refractivity contribution in [3.63, 3.8) is 0 Å². The highest BCUT2D eigenvalue weighted by Gasteiger charge is 2.20.